The van der Waals surface area contributed by atoms with Crippen LogP contribution in [0.5, 0.6) is 5.75 Å². The van der Waals surface area contributed by atoms with Crippen LogP contribution in [0, 0.1) is 5.82 Å². The third-order valence-electron chi connectivity index (χ3n) is 2.33. The maximum absolute atomic E-state index is 13.7. The molecular formula is C12H12ClFN4O. The van der Waals surface area contributed by atoms with E-state index in [1.807, 2.05) is 0 Å². The van der Waals surface area contributed by atoms with E-state index in [-0.39, 0.29) is 16.6 Å². The van der Waals surface area contributed by atoms with E-state index in [2.05, 4.69) is 15.3 Å². The molecule has 0 amide bonds. The van der Waals surface area contributed by atoms with Gasteiger partial charge in [0.25, 0.3) is 0 Å². The first-order valence-electron chi connectivity index (χ1n) is 5.57. The lowest BCUT2D eigenvalue weighted by Gasteiger charge is -2.10. The highest BCUT2D eigenvalue weighted by Crippen LogP contribution is 2.27. The van der Waals surface area contributed by atoms with E-state index < -0.39 is 5.82 Å². The molecule has 2 aromatic rings. The van der Waals surface area contributed by atoms with Gasteiger partial charge in [0, 0.05) is 11.8 Å². The van der Waals surface area contributed by atoms with Gasteiger partial charge in [-0.05, 0) is 19.1 Å². The number of nitrogens with two attached hydrogens (primary N) is 1. The molecule has 0 radical (unpaired) electrons. The summed E-state index contributed by atoms with van der Waals surface area (Å²) in [4.78, 5) is 7.67. The summed E-state index contributed by atoms with van der Waals surface area (Å²) in [5.74, 6) is 0.0517. The molecular weight excluding hydrogens is 271 g/mol. The second kappa shape index (κ2) is 5.71. The van der Waals surface area contributed by atoms with Gasteiger partial charge in [0.2, 0.25) is 0 Å². The molecule has 0 aliphatic rings. The third kappa shape index (κ3) is 3.03. The minimum atomic E-state index is -0.467. The first-order valence-corrected chi connectivity index (χ1v) is 5.95. The number of benzene rings is 1. The average Bonchev–Trinajstić information content (AvgIpc) is 2.38. The normalized spacial score (nSPS) is 10.3. The SMILES string of the molecule is CCOc1ccc(Nc2ncnc(Cl)c2N)cc1F. The van der Waals surface area contributed by atoms with Gasteiger partial charge in [-0.3, -0.25) is 0 Å². The van der Waals surface area contributed by atoms with Gasteiger partial charge in [0.1, 0.15) is 12.0 Å². The zero-order chi connectivity index (χ0) is 13.8. The predicted octanol–water partition coefficient (Wildman–Crippen LogP) is 2.99. The van der Waals surface area contributed by atoms with Crippen molar-refractivity contribution in [3.63, 3.8) is 0 Å². The fourth-order valence-corrected chi connectivity index (χ4v) is 1.59. The summed E-state index contributed by atoms with van der Waals surface area (Å²) in [6.45, 7) is 2.19. The maximum Gasteiger partial charge on any atom is 0.167 e. The van der Waals surface area contributed by atoms with Crippen LogP contribution in [-0.4, -0.2) is 16.6 Å². The van der Waals surface area contributed by atoms with Gasteiger partial charge in [0.05, 0.1) is 6.61 Å². The molecule has 7 heteroatoms. The molecule has 0 aliphatic heterocycles. The fraction of sp³-hybridized carbons (Fsp3) is 0.167. The molecule has 19 heavy (non-hydrogen) atoms. The van der Waals surface area contributed by atoms with E-state index in [1.165, 1.54) is 18.5 Å². The molecule has 0 fully saturated rings. The number of ether oxygens (including phenoxy) is 1. The van der Waals surface area contributed by atoms with E-state index >= 15 is 0 Å². The molecule has 0 saturated carbocycles. The highest BCUT2D eigenvalue weighted by molar-refractivity contribution is 6.32. The number of anilines is 3. The molecule has 3 N–H and O–H groups in total. The number of aromatic nitrogens is 2. The Kier molecular flexibility index (Phi) is 4.01. The van der Waals surface area contributed by atoms with E-state index in [0.29, 0.717) is 18.1 Å². The zero-order valence-electron chi connectivity index (χ0n) is 10.2. The van der Waals surface area contributed by atoms with Crippen molar-refractivity contribution in [2.45, 2.75) is 6.92 Å². The molecule has 1 heterocycles. The van der Waals surface area contributed by atoms with Crippen molar-refractivity contribution in [2.24, 2.45) is 0 Å². The van der Waals surface area contributed by atoms with Crippen molar-refractivity contribution in [2.75, 3.05) is 17.7 Å². The van der Waals surface area contributed by atoms with Crippen LogP contribution < -0.4 is 15.8 Å². The number of rotatable bonds is 4. The molecule has 0 aliphatic carbocycles. The fourth-order valence-electron chi connectivity index (χ4n) is 1.46. The first kappa shape index (κ1) is 13.4. The highest BCUT2D eigenvalue weighted by Gasteiger charge is 2.08. The van der Waals surface area contributed by atoms with Crippen molar-refractivity contribution in [1.29, 1.82) is 0 Å². The van der Waals surface area contributed by atoms with E-state index in [9.17, 15) is 4.39 Å². The molecule has 1 aromatic heterocycles. The monoisotopic (exact) mass is 282 g/mol. The van der Waals surface area contributed by atoms with Crippen molar-refractivity contribution in [1.82, 2.24) is 9.97 Å². The summed E-state index contributed by atoms with van der Waals surface area (Å²) in [5.41, 5.74) is 6.40. The first-order chi connectivity index (χ1) is 9.11. The lowest BCUT2D eigenvalue weighted by atomic mass is 10.3. The minimum Gasteiger partial charge on any atom is -0.491 e. The Morgan fingerprint density at radius 2 is 2.21 bits per heavy atom. The number of nitrogen functional groups attached to an aromatic ring is 1. The van der Waals surface area contributed by atoms with Crippen LogP contribution in [-0.2, 0) is 0 Å². The molecule has 1 aromatic carbocycles. The predicted molar refractivity (Wildman–Crippen MR) is 72.3 cm³/mol. The van der Waals surface area contributed by atoms with E-state index in [1.54, 1.807) is 13.0 Å². The topological polar surface area (TPSA) is 73.1 Å². The zero-order valence-corrected chi connectivity index (χ0v) is 10.9. The molecule has 0 unspecified atom stereocenters. The average molecular weight is 283 g/mol. The highest BCUT2D eigenvalue weighted by atomic mass is 35.5. The number of nitrogens with one attached hydrogen (secondary N) is 1. The Bertz CT molecular complexity index is 594. The second-order valence-corrected chi connectivity index (χ2v) is 3.99. The van der Waals surface area contributed by atoms with Crippen molar-refractivity contribution >= 4 is 28.8 Å². The lowest BCUT2D eigenvalue weighted by molar-refractivity contribution is 0.321. The summed E-state index contributed by atoms with van der Waals surface area (Å²) in [6.07, 6.45) is 1.27. The Morgan fingerprint density at radius 3 is 2.89 bits per heavy atom. The Hall–Kier alpha value is -2.08. The molecule has 0 saturated heterocycles. The lowest BCUT2D eigenvalue weighted by Crippen LogP contribution is -2.02. The number of halogens is 2. The summed E-state index contributed by atoms with van der Waals surface area (Å²) in [7, 11) is 0. The number of nitrogens with zero attached hydrogens (tertiary/aromatic N) is 2. The molecule has 100 valence electrons. The Balaban J connectivity index is 2.24. The summed E-state index contributed by atoms with van der Waals surface area (Å²) in [5, 5.41) is 3.01. The second-order valence-electron chi connectivity index (χ2n) is 3.63. The summed E-state index contributed by atoms with van der Waals surface area (Å²) in [6, 6.07) is 4.48. The Labute approximate surface area is 114 Å². The van der Waals surface area contributed by atoms with Crippen LogP contribution in [0.4, 0.5) is 21.6 Å². The van der Waals surface area contributed by atoms with Crippen LogP contribution in [0.1, 0.15) is 6.92 Å². The van der Waals surface area contributed by atoms with Gasteiger partial charge in [-0.2, -0.15) is 0 Å². The van der Waals surface area contributed by atoms with Crippen molar-refractivity contribution in [3.05, 3.63) is 35.5 Å². The van der Waals surface area contributed by atoms with Gasteiger partial charge in [-0.25, -0.2) is 14.4 Å². The van der Waals surface area contributed by atoms with Gasteiger partial charge < -0.3 is 15.8 Å². The Morgan fingerprint density at radius 1 is 1.42 bits per heavy atom. The summed E-state index contributed by atoms with van der Waals surface area (Å²) < 4.78 is 18.8. The van der Waals surface area contributed by atoms with Crippen LogP contribution in [0.2, 0.25) is 5.15 Å². The van der Waals surface area contributed by atoms with Gasteiger partial charge >= 0.3 is 0 Å². The minimum absolute atomic E-state index is 0.143. The van der Waals surface area contributed by atoms with Crippen LogP contribution in [0.25, 0.3) is 0 Å². The van der Waals surface area contributed by atoms with Gasteiger partial charge in [-0.15, -0.1) is 0 Å². The van der Waals surface area contributed by atoms with Crippen molar-refractivity contribution in [3.8, 4) is 5.75 Å². The standard InChI is InChI=1S/C12H12ClFN4O/c1-2-19-9-4-3-7(5-8(9)14)18-12-10(15)11(13)16-6-17-12/h3-6H,2,15H2,1H3,(H,16,17,18). The third-order valence-corrected chi connectivity index (χ3v) is 2.63. The summed E-state index contributed by atoms with van der Waals surface area (Å²) >= 11 is 5.77. The molecule has 0 spiro atoms. The quantitative estimate of drug-likeness (QED) is 0.844. The molecule has 0 bridgehead atoms. The van der Waals surface area contributed by atoms with E-state index in [4.69, 9.17) is 22.1 Å². The van der Waals surface area contributed by atoms with Gasteiger partial charge in [-0.1, -0.05) is 11.6 Å². The molecule has 2 rings (SSSR count). The molecule has 5 nitrogen and oxygen atoms in total. The van der Waals surface area contributed by atoms with Crippen LogP contribution in [0.3, 0.4) is 0 Å². The smallest absolute Gasteiger partial charge is 0.167 e. The van der Waals surface area contributed by atoms with Crippen LogP contribution in [0.15, 0.2) is 24.5 Å². The number of hydrogen-bond acceptors (Lipinski definition) is 5. The van der Waals surface area contributed by atoms with Crippen LogP contribution >= 0.6 is 11.6 Å². The maximum atomic E-state index is 13.7. The van der Waals surface area contributed by atoms with Gasteiger partial charge in [0.15, 0.2) is 22.5 Å². The molecule has 0 atom stereocenters. The number of hydrogen-bond donors (Lipinski definition) is 2. The van der Waals surface area contributed by atoms with E-state index in [0.717, 1.165) is 0 Å². The largest absolute Gasteiger partial charge is 0.491 e. The van der Waals surface area contributed by atoms with Crippen molar-refractivity contribution < 1.29 is 9.13 Å².